The van der Waals surface area contributed by atoms with Crippen LogP contribution < -0.4 is 15.6 Å². The van der Waals surface area contributed by atoms with Crippen LogP contribution in [0, 0.1) is 0 Å². The predicted octanol–water partition coefficient (Wildman–Crippen LogP) is 1.25. The zero-order valence-electron chi connectivity index (χ0n) is 15.5. The summed E-state index contributed by atoms with van der Waals surface area (Å²) in [6, 6.07) is 14.4. The lowest BCUT2D eigenvalue weighted by atomic mass is 10.0. The zero-order chi connectivity index (χ0) is 18.8. The highest BCUT2D eigenvalue weighted by Gasteiger charge is 2.20. The molecule has 0 amide bonds. The monoisotopic (exact) mass is 364 g/mol. The van der Waals surface area contributed by atoms with Gasteiger partial charge in [-0.1, -0.05) is 43.3 Å². The van der Waals surface area contributed by atoms with Gasteiger partial charge in [-0.15, -0.1) is 5.75 Å². The van der Waals surface area contributed by atoms with E-state index >= 15 is 0 Å². The normalized spacial score (nSPS) is 16.0. The molecule has 27 heavy (non-hydrogen) atoms. The standard InChI is InChI=1S/C22H24N2O3/c1-2-23-8-10-24(11-9-23)15-17-12-22(26)27-21-14-18(20(25)13-19(17)21)16-6-4-3-5-7-16/h3-7,12-14,25H,2,8-11,15H2,1H3. The van der Waals surface area contributed by atoms with Crippen molar-refractivity contribution < 1.29 is 14.4 Å². The first kappa shape index (κ1) is 17.8. The van der Waals surface area contributed by atoms with Gasteiger partial charge in [0, 0.05) is 30.1 Å². The molecule has 1 saturated heterocycles. The van der Waals surface area contributed by atoms with E-state index in [0.717, 1.165) is 55.8 Å². The van der Waals surface area contributed by atoms with Gasteiger partial charge in [0.05, 0.1) is 13.1 Å². The van der Waals surface area contributed by atoms with Gasteiger partial charge in [-0.2, -0.15) is 0 Å². The maximum atomic E-state index is 12.7. The summed E-state index contributed by atoms with van der Waals surface area (Å²) in [4.78, 5) is 16.0. The van der Waals surface area contributed by atoms with E-state index in [4.69, 9.17) is 4.42 Å². The van der Waals surface area contributed by atoms with Crippen molar-refractivity contribution in [1.82, 2.24) is 4.90 Å². The average molecular weight is 364 g/mol. The van der Waals surface area contributed by atoms with Crippen LogP contribution in [-0.2, 0) is 6.54 Å². The number of nitrogens with one attached hydrogen (secondary N) is 1. The molecule has 0 unspecified atom stereocenters. The molecule has 140 valence electrons. The van der Waals surface area contributed by atoms with Gasteiger partial charge in [0.2, 0.25) is 0 Å². The fraction of sp³-hybridized carbons (Fsp3) is 0.318. The molecule has 5 heteroatoms. The second-order valence-electron chi connectivity index (χ2n) is 7.16. The minimum atomic E-state index is -0.359. The first-order valence-electron chi connectivity index (χ1n) is 9.53. The Morgan fingerprint density at radius 2 is 1.85 bits per heavy atom. The third-order valence-electron chi connectivity index (χ3n) is 5.47. The molecular formula is C22H24N2O3. The number of quaternary nitrogens is 1. The average Bonchev–Trinajstić information content (AvgIpc) is 2.69. The molecule has 0 radical (unpaired) electrons. The largest absolute Gasteiger partial charge is 0.872 e. The summed E-state index contributed by atoms with van der Waals surface area (Å²) in [5.74, 6) is -0.0467. The third-order valence-corrected chi connectivity index (χ3v) is 5.47. The van der Waals surface area contributed by atoms with Crippen molar-refractivity contribution in [3.63, 3.8) is 0 Å². The topological polar surface area (TPSA) is 61.0 Å². The van der Waals surface area contributed by atoms with Crippen LogP contribution in [0.3, 0.4) is 0 Å². The van der Waals surface area contributed by atoms with E-state index < -0.39 is 0 Å². The van der Waals surface area contributed by atoms with Crippen LogP contribution in [0.1, 0.15) is 12.5 Å². The molecular weight excluding hydrogens is 340 g/mol. The number of likely N-dealkylation sites (N-methyl/N-ethyl adjacent to an activating group) is 1. The highest BCUT2D eigenvalue weighted by molar-refractivity contribution is 5.88. The van der Waals surface area contributed by atoms with Crippen LogP contribution in [0.4, 0.5) is 0 Å². The smallest absolute Gasteiger partial charge is 0.336 e. The van der Waals surface area contributed by atoms with E-state index in [1.54, 1.807) is 18.2 Å². The van der Waals surface area contributed by atoms with E-state index in [1.807, 2.05) is 30.3 Å². The van der Waals surface area contributed by atoms with Crippen LogP contribution in [-0.4, -0.2) is 37.6 Å². The summed E-state index contributed by atoms with van der Waals surface area (Å²) in [5, 5.41) is 13.5. The summed E-state index contributed by atoms with van der Waals surface area (Å²) < 4.78 is 5.43. The molecule has 4 rings (SSSR count). The van der Waals surface area contributed by atoms with Crippen LogP contribution in [0.2, 0.25) is 0 Å². The van der Waals surface area contributed by atoms with Gasteiger partial charge >= 0.3 is 5.63 Å². The lowest BCUT2D eigenvalue weighted by Crippen LogP contribution is -3.13. The van der Waals surface area contributed by atoms with Crippen molar-refractivity contribution >= 4 is 11.0 Å². The fourth-order valence-corrected chi connectivity index (χ4v) is 3.87. The van der Waals surface area contributed by atoms with Gasteiger partial charge in [-0.05, 0) is 23.7 Å². The molecule has 3 aromatic rings. The summed E-state index contributed by atoms with van der Waals surface area (Å²) in [6.07, 6.45) is 0. The Hall–Kier alpha value is -2.63. The van der Waals surface area contributed by atoms with Crippen molar-refractivity contribution in [2.75, 3.05) is 32.7 Å². The van der Waals surface area contributed by atoms with Crippen LogP contribution in [0.15, 0.2) is 57.7 Å². The quantitative estimate of drug-likeness (QED) is 0.708. The molecule has 1 aromatic heterocycles. The SMILES string of the molecule is CCN1CC[NH+](Cc2cc(=O)oc3cc(-c4ccccc4)c([O-])cc23)CC1. The van der Waals surface area contributed by atoms with Gasteiger partial charge in [-0.25, -0.2) is 4.79 Å². The molecule has 0 atom stereocenters. The number of benzene rings is 2. The molecule has 1 aliphatic heterocycles. The highest BCUT2D eigenvalue weighted by atomic mass is 16.4. The highest BCUT2D eigenvalue weighted by Crippen LogP contribution is 2.32. The minimum Gasteiger partial charge on any atom is -0.872 e. The summed E-state index contributed by atoms with van der Waals surface area (Å²) in [7, 11) is 0. The molecule has 1 N–H and O–H groups in total. The number of hydrogen-bond acceptors (Lipinski definition) is 4. The minimum absolute atomic E-state index is 0.0467. The molecule has 0 bridgehead atoms. The van der Waals surface area contributed by atoms with Gasteiger partial charge in [0.1, 0.15) is 12.1 Å². The number of piperazine rings is 1. The third kappa shape index (κ3) is 3.75. The maximum absolute atomic E-state index is 12.7. The number of fused-ring (bicyclic) bond motifs is 1. The second-order valence-corrected chi connectivity index (χ2v) is 7.16. The summed E-state index contributed by atoms with van der Waals surface area (Å²) in [5.41, 5.74) is 2.42. The van der Waals surface area contributed by atoms with Gasteiger partial charge in [0.15, 0.2) is 0 Å². The Bertz CT molecular complexity index is 990. The van der Waals surface area contributed by atoms with Crippen molar-refractivity contribution in [3.8, 4) is 16.9 Å². The van der Waals surface area contributed by atoms with Crippen LogP contribution in [0.5, 0.6) is 5.75 Å². The molecule has 2 aromatic carbocycles. The molecule has 2 heterocycles. The fourth-order valence-electron chi connectivity index (χ4n) is 3.87. The van der Waals surface area contributed by atoms with Crippen molar-refractivity contribution in [2.45, 2.75) is 13.5 Å². The Kier molecular flexibility index (Phi) is 4.97. The van der Waals surface area contributed by atoms with Crippen molar-refractivity contribution in [2.24, 2.45) is 0 Å². The van der Waals surface area contributed by atoms with Crippen LogP contribution in [0.25, 0.3) is 22.1 Å². The molecule has 0 spiro atoms. The van der Waals surface area contributed by atoms with E-state index in [0.29, 0.717) is 11.1 Å². The summed E-state index contributed by atoms with van der Waals surface area (Å²) >= 11 is 0. The second kappa shape index (κ2) is 7.55. The van der Waals surface area contributed by atoms with E-state index in [1.165, 1.54) is 4.90 Å². The first-order chi connectivity index (χ1) is 13.1. The molecule has 5 nitrogen and oxygen atoms in total. The number of nitrogens with zero attached hydrogens (tertiary/aromatic N) is 1. The molecule has 1 aliphatic rings. The van der Waals surface area contributed by atoms with E-state index in [-0.39, 0.29) is 11.4 Å². The molecule has 1 fully saturated rings. The summed E-state index contributed by atoms with van der Waals surface area (Å²) in [6.45, 7) is 8.22. The predicted molar refractivity (Wildman–Crippen MR) is 104 cm³/mol. The number of hydrogen-bond donors (Lipinski definition) is 1. The van der Waals surface area contributed by atoms with Gasteiger partial charge < -0.3 is 14.4 Å². The van der Waals surface area contributed by atoms with Crippen molar-refractivity contribution in [3.05, 3.63) is 64.5 Å². The van der Waals surface area contributed by atoms with Gasteiger partial charge in [0.25, 0.3) is 0 Å². The van der Waals surface area contributed by atoms with Gasteiger partial charge in [-0.3, -0.25) is 4.90 Å². The number of rotatable bonds is 4. The molecule has 0 saturated carbocycles. The Morgan fingerprint density at radius 1 is 1.11 bits per heavy atom. The maximum Gasteiger partial charge on any atom is 0.336 e. The van der Waals surface area contributed by atoms with E-state index in [9.17, 15) is 9.90 Å². The first-order valence-corrected chi connectivity index (χ1v) is 9.53. The van der Waals surface area contributed by atoms with E-state index in [2.05, 4.69) is 11.8 Å². The lowest BCUT2D eigenvalue weighted by Gasteiger charge is -2.31. The lowest BCUT2D eigenvalue weighted by molar-refractivity contribution is -0.918. The Labute approximate surface area is 158 Å². The van der Waals surface area contributed by atoms with Crippen LogP contribution >= 0.6 is 0 Å². The van der Waals surface area contributed by atoms with Crippen molar-refractivity contribution in [1.29, 1.82) is 0 Å². The Morgan fingerprint density at radius 3 is 2.56 bits per heavy atom. The molecule has 0 aliphatic carbocycles. The zero-order valence-corrected chi connectivity index (χ0v) is 15.5. The Balaban J connectivity index is 1.70.